The molecule has 0 aliphatic heterocycles. The monoisotopic (exact) mass is 360 g/mol. The van der Waals surface area contributed by atoms with Crippen LogP contribution < -0.4 is 0 Å². The molecule has 0 aromatic heterocycles. The maximum atomic E-state index is 11.3. The third-order valence-electron chi connectivity index (χ3n) is 3.11. The molecule has 1 atom stereocenters. The van der Waals surface area contributed by atoms with Crippen molar-refractivity contribution in [2.75, 3.05) is 12.9 Å². The molecule has 2 aromatic rings. The van der Waals surface area contributed by atoms with Gasteiger partial charge in [0, 0.05) is 10.6 Å². The molecule has 0 fully saturated rings. The van der Waals surface area contributed by atoms with E-state index in [0.717, 1.165) is 21.8 Å². The summed E-state index contributed by atoms with van der Waals surface area (Å²) in [5.74, 6) is 0.0840. The minimum atomic E-state index is -1.15. The van der Waals surface area contributed by atoms with Crippen molar-refractivity contribution in [1.29, 1.82) is 0 Å². The topological polar surface area (TPSA) is 51.0 Å². The summed E-state index contributed by atoms with van der Waals surface area (Å²) in [6.45, 7) is 4.12. The number of nitrogens with zero attached hydrogens (tertiary/aromatic N) is 2. The largest absolute Gasteiger partial charge is 0.466 e. The van der Waals surface area contributed by atoms with E-state index in [2.05, 4.69) is 21.5 Å². The van der Waals surface area contributed by atoms with Crippen LogP contribution in [0.1, 0.15) is 5.56 Å². The van der Waals surface area contributed by atoms with Crippen LogP contribution >= 0.6 is 23.4 Å². The molecule has 4 nitrogen and oxygen atoms in total. The number of esters is 1. The average molecular weight is 361 g/mol. The molecule has 1 unspecified atom stereocenters. The Morgan fingerprint density at radius 3 is 2.58 bits per heavy atom. The van der Waals surface area contributed by atoms with Gasteiger partial charge in [-0.15, -0.1) is 11.8 Å². The molecular formula is C18H17ClN2O2S. The minimum Gasteiger partial charge on any atom is -0.466 e. The average Bonchev–Trinajstić information content (AvgIpc) is 2.64. The summed E-state index contributed by atoms with van der Waals surface area (Å²) in [5.41, 5.74) is 1.64. The van der Waals surface area contributed by atoms with Gasteiger partial charge in [0.05, 0.1) is 12.8 Å². The van der Waals surface area contributed by atoms with Crippen LogP contribution in [0.25, 0.3) is 5.57 Å². The molecule has 0 bridgehead atoms. The van der Waals surface area contributed by atoms with Crippen LogP contribution in [-0.2, 0) is 9.53 Å². The number of ether oxygens (including phenoxy) is 1. The van der Waals surface area contributed by atoms with E-state index in [1.807, 2.05) is 54.6 Å². The number of thioether (sulfide) groups is 1. The number of methoxy groups -OCH3 is 1. The van der Waals surface area contributed by atoms with Gasteiger partial charge in [-0.2, -0.15) is 10.2 Å². The fourth-order valence-corrected chi connectivity index (χ4v) is 2.90. The molecular weight excluding hydrogens is 344 g/mol. The van der Waals surface area contributed by atoms with Crippen molar-refractivity contribution >= 4 is 40.6 Å². The molecule has 6 heteroatoms. The van der Waals surface area contributed by atoms with Gasteiger partial charge in [0.2, 0.25) is 5.50 Å². The van der Waals surface area contributed by atoms with Crippen molar-refractivity contribution in [3.8, 4) is 0 Å². The molecule has 0 heterocycles. The van der Waals surface area contributed by atoms with E-state index in [1.54, 1.807) is 11.8 Å². The predicted molar refractivity (Wildman–Crippen MR) is 98.8 cm³/mol. The lowest BCUT2D eigenvalue weighted by molar-refractivity contribution is -0.140. The van der Waals surface area contributed by atoms with E-state index in [9.17, 15) is 4.79 Å². The number of hydrogen-bond donors (Lipinski definition) is 0. The molecule has 0 saturated heterocycles. The number of benzene rings is 2. The van der Waals surface area contributed by atoms with Crippen LogP contribution in [0.5, 0.6) is 0 Å². The van der Waals surface area contributed by atoms with Crippen molar-refractivity contribution in [3.05, 3.63) is 66.7 Å². The molecule has 0 aliphatic rings. The number of carbonyl (C=O) groups is 1. The standard InChI is InChI=1S/C18H17ClN2O2S/c1-13(14-8-4-3-5-9-14)12-24-16-11-7-6-10-15(16)20-21-17(19)18(22)23-2/h3-11,17H,1,12H2,2H3. The first-order valence-electron chi connectivity index (χ1n) is 7.19. The second kappa shape index (κ2) is 9.25. The van der Waals surface area contributed by atoms with Crippen molar-refractivity contribution in [2.24, 2.45) is 10.2 Å². The van der Waals surface area contributed by atoms with Crippen LogP contribution in [0, 0.1) is 0 Å². The first-order valence-corrected chi connectivity index (χ1v) is 8.62. The van der Waals surface area contributed by atoms with Gasteiger partial charge in [-0.05, 0) is 23.3 Å². The molecule has 124 valence electrons. The molecule has 0 radical (unpaired) electrons. The molecule has 2 rings (SSSR count). The van der Waals surface area contributed by atoms with Gasteiger partial charge in [0.15, 0.2) is 0 Å². The van der Waals surface area contributed by atoms with Crippen molar-refractivity contribution in [1.82, 2.24) is 0 Å². The summed E-state index contributed by atoms with van der Waals surface area (Å²) >= 11 is 7.39. The zero-order valence-electron chi connectivity index (χ0n) is 13.2. The molecule has 24 heavy (non-hydrogen) atoms. The molecule has 0 amide bonds. The highest BCUT2D eigenvalue weighted by molar-refractivity contribution is 7.99. The Balaban J connectivity index is 2.05. The minimum absolute atomic E-state index is 0.636. The molecule has 0 N–H and O–H groups in total. The van der Waals surface area contributed by atoms with Crippen LogP contribution in [-0.4, -0.2) is 24.3 Å². The number of carbonyl (C=O) groups excluding carboxylic acids is 1. The normalized spacial score (nSPS) is 12.1. The maximum absolute atomic E-state index is 11.3. The fraction of sp³-hybridized carbons (Fsp3) is 0.167. The lowest BCUT2D eigenvalue weighted by atomic mass is 10.1. The van der Waals surface area contributed by atoms with E-state index in [1.165, 1.54) is 7.11 Å². The fourth-order valence-electron chi connectivity index (χ4n) is 1.84. The van der Waals surface area contributed by atoms with Gasteiger partial charge < -0.3 is 4.74 Å². The number of rotatable bonds is 7. The Morgan fingerprint density at radius 2 is 1.88 bits per heavy atom. The predicted octanol–water partition coefficient (Wildman–Crippen LogP) is 5.31. The Hall–Kier alpha value is -2.11. The summed E-state index contributed by atoms with van der Waals surface area (Å²) in [5, 5.41) is 7.86. The van der Waals surface area contributed by atoms with Gasteiger partial charge in [-0.3, -0.25) is 0 Å². The van der Waals surface area contributed by atoms with Gasteiger partial charge in [0.25, 0.3) is 0 Å². The Bertz CT molecular complexity index is 735. The number of halogens is 1. The van der Waals surface area contributed by atoms with Crippen LogP contribution in [0.15, 0.2) is 76.3 Å². The first kappa shape index (κ1) is 18.2. The summed E-state index contributed by atoms with van der Waals surface area (Å²) in [6.07, 6.45) is 0. The highest BCUT2D eigenvalue weighted by atomic mass is 35.5. The second-order valence-electron chi connectivity index (χ2n) is 4.80. The van der Waals surface area contributed by atoms with E-state index in [0.29, 0.717) is 5.69 Å². The zero-order chi connectivity index (χ0) is 17.4. The third-order valence-corrected chi connectivity index (χ3v) is 4.53. The number of alkyl halides is 1. The SMILES string of the molecule is C=C(CSc1ccccc1N=NC(Cl)C(=O)OC)c1ccccc1. The second-order valence-corrected chi connectivity index (χ2v) is 6.23. The Labute approximate surface area is 150 Å². The van der Waals surface area contributed by atoms with E-state index >= 15 is 0 Å². The summed E-state index contributed by atoms with van der Waals surface area (Å²) in [7, 11) is 1.26. The van der Waals surface area contributed by atoms with Gasteiger partial charge in [0.1, 0.15) is 0 Å². The smallest absolute Gasteiger partial charge is 0.348 e. The lowest BCUT2D eigenvalue weighted by Crippen LogP contribution is -2.12. The summed E-state index contributed by atoms with van der Waals surface area (Å²) in [4.78, 5) is 12.2. The molecule has 2 aromatic carbocycles. The van der Waals surface area contributed by atoms with Gasteiger partial charge in [-0.1, -0.05) is 60.6 Å². The van der Waals surface area contributed by atoms with Crippen LogP contribution in [0.3, 0.4) is 0 Å². The number of azo groups is 1. The third kappa shape index (κ3) is 5.22. The van der Waals surface area contributed by atoms with Gasteiger partial charge >= 0.3 is 5.97 Å². The van der Waals surface area contributed by atoms with Crippen molar-refractivity contribution in [3.63, 3.8) is 0 Å². The first-order chi connectivity index (χ1) is 11.6. The van der Waals surface area contributed by atoms with E-state index in [4.69, 9.17) is 11.6 Å². The van der Waals surface area contributed by atoms with Crippen LogP contribution in [0.2, 0.25) is 0 Å². The number of hydrogen-bond acceptors (Lipinski definition) is 5. The van der Waals surface area contributed by atoms with Crippen LogP contribution in [0.4, 0.5) is 5.69 Å². The van der Waals surface area contributed by atoms with E-state index < -0.39 is 11.5 Å². The Kier molecular flexibility index (Phi) is 7.03. The summed E-state index contributed by atoms with van der Waals surface area (Å²) in [6, 6.07) is 17.5. The quantitative estimate of drug-likeness (QED) is 0.221. The van der Waals surface area contributed by atoms with Crippen molar-refractivity contribution in [2.45, 2.75) is 10.4 Å². The zero-order valence-corrected chi connectivity index (χ0v) is 14.8. The Morgan fingerprint density at radius 1 is 1.21 bits per heavy atom. The molecule has 0 spiro atoms. The highest BCUT2D eigenvalue weighted by Crippen LogP contribution is 2.32. The van der Waals surface area contributed by atoms with E-state index in [-0.39, 0.29) is 0 Å². The van der Waals surface area contributed by atoms with Gasteiger partial charge in [-0.25, -0.2) is 4.79 Å². The summed E-state index contributed by atoms with van der Waals surface area (Å²) < 4.78 is 4.52. The molecule has 0 aliphatic carbocycles. The maximum Gasteiger partial charge on any atom is 0.348 e. The highest BCUT2D eigenvalue weighted by Gasteiger charge is 2.14. The lowest BCUT2D eigenvalue weighted by Gasteiger charge is -2.08. The molecule has 0 saturated carbocycles. The van der Waals surface area contributed by atoms with Crippen molar-refractivity contribution < 1.29 is 9.53 Å².